The summed E-state index contributed by atoms with van der Waals surface area (Å²) in [6, 6.07) is 8.21. The Balaban J connectivity index is 0.00000361. The minimum Gasteiger partial charge on any atom is -0.351 e. The van der Waals surface area contributed by atoms with Crippen LogP contribution in [0.3, 0.4) is 0 Å². The van der Waals surface area contributed by atoms with E-state index in [1.54, 1.807) is 0 Å². The van der Waals surface area contributed by atoms with Gasteiger partial charge in [0, 0.05) is 22.5 Å². The van der Waals surface area contributed by atoms with E-state index in [0.717, 1.165) is 10.9 Å². The number of halogens is 2. The molecule has 0 radical (unpaired) electrons. The second-order valence-corrected chi connectivity index (χ2v) is 6.55. The maximum atomic E-state index is 12.0. The van der Waals surface area contributed by atoms with Gasteiger partial charge in [0.25, 0.3) is 0 Å². The van der Waals surface area contributed by atoms with Crippen LogP contribution in [0.5, 0.6) is 0 Å². The van der Waals surface area contributed by atoms with Crippen LogP contribution in [-0.4, -0.2) is 25.0 Å². The summed E-state index contributed by atoms with van der Waals surface area (Å²) >= 11 is 3.43. The maximum Gasteiger partial charge on any atom is 0.224 e. The number of amides is 1. The fourth-order valence-electron chi connectivity index (χ4n) is 2.01. The van der Waals surface area contributed by atoms with Crippen LogP contribution in [-0.2, 0) is 11.2 Å². The van der Waals surface area contributed by atoms with E-state index >= 15 is 0 Å². The molecule has 1 rings (SSSR count). The molecule has 1 aromatic rings. The van der Waals surface area contributed by atoms with Gasteiger partial charge in [0.05, 0.1) is 0 Å². The largest absolute Gasteiger partial charge is 0.351 e. The number of carbonyl (C=O) groups excluding carboxylic acids is 1. The fourth-order valence-corrected chi connectivity index (χ4v) is 2.28. The van der Waals surface area contributed by atoms with E-state index in [2.05, 4.69) is 52.5 Å². The predicted molar refractivity (Wildman–Crippen MR) is 90.4 cm³/mol. The van der Waals surface area contributed by atoms with Crippen LogP contribution < -0.4 is 10.6 Å². The Hall–Kier alpha value is -0.580. The Morgan fingerprint density at radius 2 is 1.85 bits per heavy atom. The molecule has 0 saturated heterocycles. The number of carbonyl (C=O) groups is 1. The Kier molecular flexibility index (Phi) is 8.40. The van der Waals surface area contributed by atoms with Crippen molar-refractivity contribution in [2.75, 3.05) is 13.6 Å². The topological polar surface area (TPSA) is 41.1 Å². The lowest BCUT2D eigenvalue weighted by Gasteiger charge is -2.28. The minimum atomic E-state index is -0.243. The summed E-state index contributed by atoms with van der Waals surface area (Å²) in [5.41, 5.74) is 0.974. The van der Waals surface area contributed by atoms with Crippen molar-refractivity contribution < 1.29 is 4.79 Å². The highest BCUT2D eigenvalue weighted by Crippen LogP contribution is 2.16. The third-order valence-electron chi connectivity index (χ3n) is 2.98. The molecule has 1 amide bonds. The smallest absolute Gasteiger partial charge is 0.224 e. The zero-order chi connectivity index (χ0) is 14.5. The third-order valence-corrected chi connectivity index (χ3v) is 3.51. The van der Waals surface area contributed by atoms with Crippen LogP contribution in [0.15, 0.2) is 28.7 Å². The molecule has 0 saturated carbocycles. The molecular weight excluding hydrogens is 340 g/mol. The lowest BCUT2D eigenvalue weighted by Crippen LogP contribution is -2.48. The van der Waals surface area contributed by atoms with Crippen molar-refractivity contribution in [1.29, 1.82) is 0 Å². The number of hydrogen-bond acceptors (Lipinski definition) is 2. The highest BCUT2D eigenvalue weighted by Gasteiger charge is 2.23. The van der Waals surface area contributed by atoms with Crippen LogP contribution in [0, 0.1) is 5.92 Å². The van der Waals surface area contributed by atoms with Gasteiger partial charge < -0.3 is 10.6 Å². The first kappa shape index (κ1) is 19.4. The summed E-state index contributed by atoms with van der Waals surface area (Å²) in [5, 5.41) is 6.14. The van der Waals surface area contributed by atoms with Gasteiger partial charge in [0.1, 0.15) is 0 Å². The average Bonchev–Trinajstić information content (AvgIpc) is 2.31. The molecule has 114 valence electrons. The predicted octanol–water partition coefficient (Wildman–Crippen LogP) is 3.16. The summed E-state index contributed by atoms with van der Waals surface area (Å²) in [5.74, 6) is 0.0747. The zero-order valence-corrected chi connectivity index (χ0v) is 14.9. The second-order valence-electron chi connectivity index (χ2n) is 5.64. The maximum absolute atomic E-state index is 12.0. The molecular formula is C15H24BrClN2O. The van der Waals surface area contributed by atoms with Gasteiger partial charge in [-0.3, -0.25) is 4.79 Å². The van der Waals surface area contributed by atoms with Gasteiger partial charge in [0.15, 0.2) is 0 Å². The molecule has 5 heteroatoms. The van der Waals surface area contributed by atoms with Crippen LogP contribution in [0.4, 0.5) is 0 Å². The van der Waals surface area contributed by atoms with Crippen molar-refractivity contribution in [2.45, 2.75) is 32.7 Å². The second kappa shape index (κ2) is 8.65. The van der Waals surface area contributed by atoms with Crippen molar-refractivity contribution in [2.24, 2.45) is 5.92 Å². The molecule has 1 atom stereocenters. The van der Waals surface area contributed by atoms with Crippen LogP contribution >= 0.6 is 28.3 Å². The van der Waals surface area contributed by atoms with E-state index in [0.29, 0.717) is 6.54 Å². The van der Waals surface area contributed by atoms with E-state index < -0.39 is 0 Å². The van der Waals surface area contributed by atoms with Crippen LogP contribution in [0.1, 0.15) is 26.3 Å². The van der Waals surface area contributed by atoms with Gasteiger partial charge in [-0.05, 0) is 45.0 Å². The Morgan fingerprint density at radius 3 is 2.35 bits per heavy atom. The van der Waals surface area contributed by atoms with Gasteiger partial charge in [-0.1, -0.05) is 35.0 Å². The standard InChI is InChI=1S/C15H23BrN2O.ClH/c1-11(10-17-4)14(19)18-15(2,3)9-12-5-7-13(16)8-6-12;/h5-8,11,17H,9-10H2,1-4H3,(H,18,19);1H. The average molecular weight is 364 g/mol. The minimum absolute atomic E-state index is 0. The first-order chi connectivity index (χ1) is 8.84. The van der Waals surface area contributed by atoms with E-state index in [1.807, 2.05) is 26.1 Å². The highest BCUT2D eigenvalue weighted by atomic mass is 79.9. The Labute approximate surface area is 136 Å². The number of nitrogens with one attached hydrogen (secondary N) is 2. The zero-order valence-electron chi connectivity index (χ0n) is 12.5. The van der Waals surface area contributed by atoms with Gasteiger partial charge >= 0.3 is 0 Å². The molecule has 0 spiro atoms. The lowest BCUT2D eigenvalue weighted by molar-refractivity contribution is -0.125. The van der Waals surface area contributed by atoms with Gasteiger partial charge in [-0.25, -0.2) is 0 Å². The lowest BCUT2D eigenvalue weighted by atomic mass is 9.94. The van der Waals surface area contributed by atoms with E-state index in [4.69, 9.17) is 0 Å². The highest BCUT2D eigenvalue weighted by molar-refractivity contribution is 9.10. The molecule has 0 fully saturated rings. The van der Waals surface area contributed by atoms with E-state index in [9.17, 15) is 4.79 Å². The Morgan fingerprint density at radius 1 is 1.30 bits per heavy atom. The number of hydrogen-bond donors (Lipinski definition) is 2. The third kappa shape index (κ3) is 6.73. The van der Waals surface area contributed by atoms with Crippen molar-refractivity contribution in [1.82, 2.24) is 10.6 Å². The Bertz CT molecular complexity index is 420. The van der Waals surface area contributed by atoms with E-state index in [1.165, 1.54) is 5.56 Å². The van der Waals surface area contributed by atoms with Gasteiger partial charge in [-0.15, -0.1) is 12.4 Å². The summed E-state index contributed by atoms with van der Waals surface area (Å²) in [6.45, 7) is 6.74. The van der Waals surface area contributed by atoms with Gasteiger partial charge in [-0.2, -0.15) is 0 Å². The molecule has 2 N–H and O–H groups in total. The van der Waals surface area contributed by atoms with Crippen LogP contribution in [0.2, 0.25) is 0 Å². The van der Waals surface area contributed by atoms with Gasteiger partial charge in [0.2, 0.25) is 5.91 Å². The monoisotopic (exact) mass is 362 g/mol. The SMILES string of the molecule is CNCC(C)C(=O)NC(C)(C)Cc1ccc(Br)cc1.Cl. The fraction of sp³-hybridized carbons (Fsp3) is 0.533. The van der Waals surface area contributed by atoms with Crippen LogP contribution in [0.25, 0.3) is 0 Å². The quantitative estimate of drug-likeness (QED) is 0.815. The molecule has 0 heterocycles. The first-order valence-electron chi connectivity index (χ1n) is 6.55. The van der Waals surface area contributed by atoms with Crippen molar-refractivity contribution >= 4 is 34.2 Å². The van der Waals surface area contributed by atoms with Crippen molar-refractivity contribution in [3.63, 3.8) is 0 Å². The summed E-state index contributed by atoms with van der Waals surface area (Å²) in [7, 11) is 1.86. The molecule has 20 heavy (non-hydrogen) atoms. The number of benzene rings is 1. The molecule has 0 aliphatic carbocycles. The summed E-state index contributed by atoms with van der Waals surface area (Å²) in [6.07, 6.45) is 0.818. The molecule has 3 nitrogen and oxygen atoms in total. The van der Waals surface area contributed by atoms with Crippen molar-refractivity contribution in [3.8, 4) is 0 Å². The summed E-state index contributed by atoms with van der Waals surface area (Å²) in [4.78, 5) is 12.0. The molecule has 1 unspecified atom stereocenters. The normalized spacial score (nSPS) is 12.4. The first-order valence-corrected chi connectivity index (χ1v) is 7.34. The van der Waals surface area contributed by atoms with Crippen molar-refractivity contribution in [3.05, 3.63) is 34.3 Å². The molecule has 0 aromatic heterocycles. The molecule has 1 aromatic carbocycles. The molecule has 0 bridgehead atoms. The number of rotatable bonds is 6. The van der Waals surface area contributed by atoms with E-state index in [-0.39, 0.29) is 29.8 Å². The molecule has 0 aliphatic rings. The summed E-state index contributed by atoms with van der Waals surface area (Å²) < 4.78 is 1.07. The molecule has 0 aliphatic heterocycles.